The highest BCUT2D eigenvalue weighted by Gasteiger charge is 2.21. The topological polar surface area (TPSA) is 61.4 Å². The third-order valence-electron chi connectivity index (χ3n) is 4.40. The minimum atomic E-state index is 0.149. The van der Waals surface area contributed by atoms with Gasteiger partial charge < -0.3 is 15.1 Å². The van der Waals surface area contributed by atoms with Crippen molar-refractivity contribution in [3.8, 4) is 0 Å². The van der Waals surface area contributed by atoms with Gasteiger partial charge in [-0.1, -0.05) is 18.2 Å². The van der Waals surface area contributed by atoms with Crippen LogP contribution in [0.3, 0.4) is 0 Å². The second kappa shape index (κ2) is 7.29. The molecule has 0 unspecified atom stereocenters. The standard InChI is InChI=1S/C18H23N5O/c1-14(24)23-12-9-15(10-13-23)20-18-19-11-8-17(21-18)22(2)16-6-4-3-5-7-16/h3-8,11,15H,9-10,12-13H2,1-2H3,(H,19,20,21). The molecule has 6 heteroatoms. The zero-order valence-electron chi connectivity index (χ0n) is 14.1. The van der Waals surface area contributed by atoms with Crippen LogP contribution in [0.1, 0.15) is 19.8 Å². The summed E-state index contributed by atoms with van der Waals surface area (Å²) in [6.07, 6.45) is 3.61. The number of benzene rings is 1. The van der Waals surface area contributed by atoms with Crippen molar-refractivity contribution in [3.63, 3.8) is 0 Å². The Bertz CT molecular complexity index is 683. The van der Waals surface area contributed by atoms with Crippen molar-refractivity contribution in [2.45, 2.75) is 25.8 Å². The largest absolute Gasteiger partial charge is 0.351 e. The summed E-state index contributed by atoms with van der Waals surface area (Å²) in [6, 6.07) is 12.3. The molecule has 0 aliphatic carbocycles. The Balaban J connectivity index is 1.65. The lowest BCUT2D eigenvalue weighted by atomic mass is 10.1. The Morgan fingerprint density at radius 1 is 1.21 bits per heavy atom. The maximum Gasteiger partial charge on any atom is 0.224 e. The first-order valence-electron chi connectivity index (χ1n) is 8.27. The van der Waals surface area contributed by atoms with Gasteiger partial charge in [-0.15, -0.1) is 0 Å². The number of nitrogens with one attached hydrogen (secondary N) is 1. The van der Waals surface area contributed by atoms with Crippen molar-refractivity contribution in [1.29, 1.82) is 0 Å². The maximum atomic E-state index is 11.4. The highest BCUT2D eigenvalue weighted by atomic mass is 16.2. The third kappa shape index (κ3) is 3.82. The van der Waals surface area contributed by atoms with E-state index in [1.165, 1.54) is 0 Å². The fourth-order valence-electron chi connectivity index (χ4n) is 2.91. The molecule has 0 spiro atoms. The zero-order chi connectivity index (χ0) is 16.9. The third-order valence-corrected chi connectivity index (χ3v) is 4.40. The number of hydrogen-bond donors (Lipinski definition) is 1. The van der Waals surface area contributed by atoms with Crippen LogP contribution in [0.4, 0.5) is 17.5 Å². The van der Waals surface area contributed by atoms with E-state index in [9.17, 15) is 4.79 Å². The van der Waals surface area contributed by atoms with Crippen LogP contribution in [-0.2, 0) is 4.79 Å². The minimum absolute atomic E-state index is 0.149. The second-order valence-electron chi connectivity index (χ2n) is 6.06. The van der Waals surface area contributed by atoms with Crippen molar-refractivity contribution in [3.05, 3.63) is 42.6 Å². The van der Waals surface area contributed by atoms with Gasteiger partial charge in [0.2, 0.25) is 11.9 Å². The molecule has 0 atom stereocenters. The van der Waals surface area contributed by atoms with E-state index in [0.29, 0.717) is 12.0 Å². The molecular formula is C18H23N5O. The fraction of sp³-hybridized carbons (Fsp3) is 0.389. The van der Waals surface area contributed by atoms with Crippen molar-refractivity contribution in [1.82, 2.24) is 14.9 Å². The first-order valence-corrected chi connectivity index (χ1v) is 8.27. The maximum absolute atomic E-state index is 11.4. The normalized spacial score (nSPS) is 15.2. The molecule has 2 heterocycles. The second-order valence-corrected chi connectivity index (χ2v) is 6.06. The number of aromatic nitrogens is 2. The predicted molar refractivity (Wildman–Crippen MR) is 95.4 cm³/mol. The number of piperidine rings is 1. The Labute approximate surface area is 142 Å². The fourth-order valence-corrected chi connectivity index (χ4v) is 2.91. The first-order chi connectivity index (χ1) is 11.6. The van der Waals surface area contributed by atoms with Gasteiger partial charge in [0.05, 0.1) is 0 Å². The van der Waals surface area contributed by atoms with Crippen molar-refractivity contribution in [2.75, 3.05) is 30.4 Å². The van der Waals surface area contributed by atoms with Gasteiger partial charge in [0, 0.05) is 45.0 Å². The van der Waals surface area contributed by atoms with Crippen LogP contribution >= 0.6 is 0 Å². The summed E-state index contributed by atoms with van der Waals surface area (Å²) in [5.41, 5.74) is 1.08. The predicted octanol–water partition coefficient (Wildman–Crippen LogP) is 2.67. The van der Waals surface area contributed by atoms with E-state index in [-0.39, 0.29) is 5.91 Å². The lowest BCUT2D eigenvalue weighted by Gasteiger charge is -2.31. The molecule has 1 aromatic heterocycles. The molecule has 3 rings (SSSR count). The molecule has 0 radical (unpaired) electrons. The average molecular weight is 325 g/mol. The van der Waals surface area contributed by atoms with Gasteiger partial charge in [-0.25, -0.2) is 4.98 Å². The van der Waals surface area contributed by atoms with Gasteiger partial charge in [0.1, 0.15) is 5.82 Å². The van der Waals surface area contributed by atoms with Crippen LogP contribution in [0, 0.1) is 0 Å². The number of likely N-dealkylation sites (tertiary alicyclic amines) is 1. The van der Waals surface area contributed by atoms with Crippen LogP contribution in [0.5, 0.6) is 0 Å². The van der Waals surface area contributed by atoms with Crippen LogP contribution in [-0.4, -0.2) is 47.0 Å². The molecule has 2 aromatic rings. The SMILES string of the molecule is CC(=O)N1CCC(Nc2nccc(N(C)c3ccccc3)n2)CC1. The Hall–Kier alpha value is -2.63. The molecular weight excluding hydrogens is 302 g/mol. The quantitative estimate of drug-likeness (QED) is 0.936. The van der Waals surface area contributed by atoms with Gasteiger partial charge in [-0.2, -0.15) is 4.98 Å². The number of amides is 1. The van der Waals surface area contributed by atoms with Gasteiger partial charge in [0.15, 0.2) is 0 Å². The van der Waals surface area contributed by atoms with Crippen molar-refractivity contribution < 1.29 is 4.79 Å². The molecule has 0 bridgehead atoms. The lowest BCUT2D eigenvalue weighted by molar-refractivity contribution is -0.129. The molecule has 0 saturated carbocycles. The van der Waals surface area contributed by atoms with Crippen LogP contribution in [0.25, 0.3) is 0 Å². The molecule has 24 heavy (non-hydrogen) atoms. The van der Waals surface area contributed by atoms with E-state index in [1.807, 2.05) is 53.2 Å². The van der Waals surface area contributed by atoms with Crippen LogP contribution in [0.2, 0.25) is 0 Å². The molecule has 1 saturated heterocycles. The molecule has 126 valence electrons. The smallest absolute Gasteiger partial charge is 0.224 e. The van der Waals surface area contributed by atoms with Gasteiger partial charge >= 0.3 is 0 Å². The number of carbonyl (C=O) groups is 1. The number of hydrogen-bond acceptors (Lipinski definition) is 5. The van der Waals surface area contributed by atoms with E-state index in [2.05, 4.69) is 15.3 Å². The average Bonchev–Trinajstić information content (AvgIpc) is 2.62. The summed E-state index contributed by atoms with van der Waals surface area (Å²) in [6.45, 7) is 3.20. The minimum Gasteiger partial charge on any atom is -0.351 e. The molecule has 1 N–H and O–H groups in total. The van der Waals surface area contributed by atoms with E-state index in [1.54, 1.807) is 13.1 Å². The molecule has 6 nitrogen and oxygen atoms in total. The summed E-state index contributed by atoms with van der Waals surface area (Å²) in [5.74, 6) is 1.63. The highest BCUT2D eigenvalue weighted by Crippen LogP contribution is 2.22. The molecule has 1 aliphatic rings. The van der Waals surface area contributed by atoms with E-state index in [4.69, 9.17) is 0 Å². The van der Waals surface area contributed by atoms with Gasteiger partial charge in [0.25, 0.3) is 0 Å². The number of para-hydroxylation sites is 1. The molecule has 1 fully saturated rings. The van der Waals surface area contributed by atoms with Crippen molar-refractivity contribution in [2.24, 2.45) is 0 Å². The highest BCUT2D eigenvalue weighted by molar-refractivity contribution is 5.73. The summed E-state index contributed by atoms with van der Waals surface area (Å²) < 4.78 is 0. The molecule has 1 aromatic carbocycles. The summed E-state index contributed by atoms with van der Waals surface area (Å²) in [4.78, 5) is 24.3. The number of anilines is 3. The van der Waals surface area contributed by atoms with E-state index in [0.717, 1.165) is 37.4 Å². The van der Waals surface area contributed by atoms with Crippen molar-refractivity contribution >= 4 is 23.4 Å². The van der Waals surface area contributed by atoms with E-state index < -0.39 is 0 Å². The Kier molecular flexibility index (Phi) is 4.93. The zero-order valence-corrected chi connectivity index (χ0v) is 14.1. The summed E-state index contributed by atoms with van der Waals surface area (Å²) >= 11 is 0. The number of rotatable bonds is 4. The summed E-state index contributed by atoms with van der Waals surface area (Å²) in [7, 11) is 1.99. The van der Waals surface area contributed by atoms with Crippen LogP contribution in [0.15, 0.2) is 42.6 Å². The molecule has 1 aliphatic heterocycles. The number of nitrogens with zero attached hydrogens (tertiary/aromatic N) is 4. The van der Waals surface area contributed by atoms with E-state index >= 15 is 0 Å². The Morgan fingerprint density at radius 2 is 1.92 bits per heavy atom. The summed E-state index contributed by atoms with van der Waals surface area (Å²) in [5, 5.41) is 3.40. The van der Waals surface area contributed by atoms with Crippen LogP contribution < -0.4 is 10.2 Å². The van der Waals surface area contributed by atoms with Gasteiger partial charge in [-0.05, 0) is 31.0 Å². The Morgan fingerprint density at radius 3 is 2.58 bits per heavy atom. The monoisotopic (exact) mass is 325 g/mol. The number of carbonyl (C=O) groups excluding carboxylic acids is 1. The molecule has 1 amide bonds. The first kappa shape index (κ1) is 16.2. The lowest BCUT2D eigenvalue weighted by Crippen LogP contribution is -2.41. The van der Waals surface area contributed by atoms with Gasteiger partial charge in [-0.3, -0.25) is 4.79 Å².